The van der Waals surface area contributed by atoms with Crippen LogP contribution in [0.4, 0.5) is 0 Å². The van der Waals surface area contributed by atoms with Crippen molar-refractivity contribution in [3.8, 4) is 0 Å². The third kappa shape index (κ3) is 39.5. The molecule has 38 heavy (non-hydrogen) atoms. The van der Waals surface area contributed by atoms with E-state index in [1.54, 1.807) is 12.1 Å². The molecule has 1 rings (SSSR count). The Hall–Kier alpha value is -1.04. The molecule has 0 aliphatic rings. The van der Waals surface area contributed by atoms with Gasteiger partial charge < -0.3 is 19.8 Å². The summed E-state index contributed by atoms with van der Waals surface area (Å²) in [4.78, 5) is 20.5. The van der Waals surface area contributed by atoms with Gasteiger partial charge >= 0.3 is 23.9 Å². The van der Waals surface area contributed by atoms with Gasteiger partial charge in [0.2, 0.25) is 0 Å². The standard InChI is InChI=1S/C15H30O2.C10H12O2.2C4H9.Sn/c1-2-3-4-5-6-7-8-9-10-11-12-13-14-15(16)17;1-2-3-8-4-6-9(7-5-8)10(11)12;2*1-3-4-2;/h2-14H2,1H3,(H,16,17);4-7H,2-3H2,1H3,(H,11,12);2*1,3-4H2,2H3;/q;;;;+2/p-2. The van der Waals surface area contributed by atoms with Crippen LogP contribution in [-0.4, -0.2) is 35.8 Å². The fourth-order valence-corrected chi connectivity index (χ4v) is 3.21. The van der Waals surface area contributed by atoms with Crippen molar-refractivity contribution in [1.29, 1.82) is 0 Å². The largest absolute Gasteiger partial charge is 2.00 e. The molecule has 0 saturated carbocycles. The van der Waals surface area contributed by atoms with Crippen molar-refractivity contribution in [1.82, 2.24) is 0 Å². The van der Waals surface area contributed by atoms with Gasteiger partial charge in [-0.05, 0) is 30.4 Å². The summed E-state index contributed by atoms with van der Waals surface area (Å²) in [5.74, 6) is -2.02. The average Bonchev–Trinajstić information content (AvgIpc) is 2.90. The fourth-order valence-electron chi connectivity index (χ4n) is 3.21. The van der Waals surface area contributed by atoms with Gasteiger partial charge in [0.05, 0.1) is 5.97 Å². The molecule has 0 aromatic heterocycles. The van der Waals surface area contributed by atoms with Crippen LogP contribution in [0.3, 0.4) is 0 Å². The number of rotatable bonds is 18. The Kier molecular flexibility index (Phi) is 44.1. The van der Waals surface area contributed by atoms with E-state index in [2.05, 4.69) is 41.5 Å². The molecule has 0 aliphatic heterocycles. The Morgan fingerprint density at radius 1 is 0.605 bits per heavy atom. The zero-order chi connectivity index (χ0) is 28.6. The smallest absolute Gasteiger partial charge is 0.550 e. The first kappa shape index (κ1) is 44.0. The summed E-state index contributed by atoms with van der Waals surface area (Å²) in [6.07, 6.45) is 22.1. The van der Waals surface area contributed by atoms with Gasteiger partial charge in [0.25, 0.3) is 0 Å². The Balaban J connectivity index is -0.000000238. The SMILES string of the molecule is CCCCCCCCCCCCCCC(=O)[O-].CCCc1ccc(C(=O)[O-])cc1.[CH2]CCC.[CH2]CCC.[Sn+2]. The molecule has 0 atom stereocenters. The summed E-state index contributed by atoms with van der Waals surface area (Å²) in [6.45, 7) is 15.8. The summed E-state index contributed by atoms with van der Waals surface area (Å²) in [5.41, 5.74) is 1.41. The molecule has 0 fully saturated rings. The number of aromatic carboxylic acids is 1. The molecule has 4 radical (unpaired) electrons. The topological polar surface area (TPSA) is 80.3 Å². The molecule has 1 aromatic rings. The van der Waals surface area contributed by atoms with Crippen LogP contribution in [0.1, 0.15) is 159 Å². The number of aryl methyl sites for hydroxylation is 1. The molecule has 0 heterocycles. The first-order valence-corrected chi connectivity index (χ1v) is 14.9. The van der Waals surface area contributed by atoms with Crippen LogP contribution in [0.2, 0.25) is 0 Å². The molecule has 0 aliphatic carbocycles. The minimum absolute atomic E-state index is 0. The monoisotopic (exact) mass is 638 g/mol. The minimum Gasteiger partial charge on any atom is -0.550 e. The average molecular weight is 638 g/mol. The first-order valence-electron chi connectivity index (χ1n) is 14.9. The van der Waals surface area contributed by atoms with Crippen LogP contribution >= 0.6 is 0 Å². The Bertz CT molecular complexity index is 579. The van der Waals surface area contributed by atoms with E-state index in [1.807, 2.05) is 12.1 Å². The minimum atomic E-state index is -1.11. The first-order chi connectivity index (χ1) is 17.8. The predicted molar refractivity (Wildman–Crippen MR) is 162 cm³/mol. The van der Waals surface area contributed by atoms with Gasteiger partial charge in [-0.3, -0.25) is 0 Å². The van der Waals surface area contributed by atoms with E-state index in [-0.39, 0.29) is 35.9 Å². The molecule has 0 spiro atoms. The Morgan fingerprint density at radius 2 is 0.974 bits per heavy atom. The van der Waals surface area contributed by atoms with Crippen molar-refractivity contribution >= 4 is 35.8 Å². The van der Waals surface area contributed by atoms with Crippen molar-refractivity contribution in [3.63, 3.8) is 0 Å². The van der Waals surface area contributed by atoms with Gasteiger partial charge in [0.1, 0.15) is 0 Å². The van der Waals surface area contributed by atoms with Gasteiger partial charge in [-0.2, -0.15) is 0 Å². The number of unbranched alkanes of at least 4 members (excludes halogenated alkanes) is 13. The summed E-state index contributed by atoms with van der Waals surface area (Å²) < 4.78 is 0. The van der Waals surface area contributed by atoms with E-state index >= 15 is 0 Å². The van der Waals surface area contributed by atoms with E-state index in [9.17, 15) is 19.8 Å². The zero-order valence-electron chi connectivity index (χ0n) is 25.3. The van der Waals surface area contributed by atoms with E-state index < -0.39 is 11.9 Å². The van der Waals surface area contributed by atoms with Crippen LogP contribution in [0.25, 0.3) is 0 Å². The third-order valence-corrected chi connectivity index (χ3v) is 5.67. The number of carboxylic acid groups (broad SMARTS) is 2. The maximum absolute atomic E-state index is 10.4. The van der Waals surface area contributed by atoms with E-state index in [1.165, 1.54) is 82.6 Å². The molecule has 1 aromatic carbocycles. The van der Waals surface area contributed by atoms with Crippen LogP contribution in [0.5, 0.6) is 0 Å². The molecule has 0 N–H and O–H groups in total. The zero-order valence-corrected chi connectivity index (χ0v) is 28.1. The van der Waals surface area contributed by atoms with Gasteiger partial charge in [0, 0.05) is 5.97 Å². The number of carbonyl (C=O) groups is 2. The Labute approximate surface area is 253 Å². The van der Waals surface area contributed by atoms with Gasteiger partial charge in [-0.25, -0.2) is 0 Å². The van der Waals surface area contributed by atoms with Crippen LogP contribution in [-0.2, 0) is 11.2 Å². The molecule has 5 heteroatoms. The van der Waals surface area contributed by atoms with Gasteiger partial charge in [-0.1, -0.05) is 169 Å². The van der Waals surface area contributed by atoms with E-state index in [0.29, 0.717) is 0 Å². The molecule has 0 saturated heterocycles. The van der Waals surface area contributed by atoms with E-state index in [0.717, 1.165) is 38.5 Å². The quantitative estimate of drug-likeness (QED) is 0.122. The molecular weight excluding hydrogens is 579 g/mol. The number of carboxylic acids is 2. The third-order valence-electron chi connectivity index (χ3n) is 5.67. The van der Waals surface area contributed by atoms with Crippen molar-refractivity contribution < 1.29 is 19.8 Å². The van der Waals surface area contributed by atoms with Crippen LogP contribution in [0, 0.1) is 13.8 Å². The fraction of sp³-hybridized carbons (Fsp3) is 0.697. The molecule has 4 nitrogen and oxygen atoms in total. The number of aliphatic carboxylic acids is 1. The summed E-state index contributed by atoms with van der Waals surface area (Å²) >= 11 is 0. The second kappa shape index (κ2) is 38.1. The summed E-state index contributed by atoms with van der Waals surface area (Å²) in [5, 5.41) is 20.5. The number of hydrogen-bond donors (Lipinski definition) is 0. The predicted octanol–water partition coefficient (Wildman–Crippen LogP) is 7.69. The maximum atomic E-state index is 10.4. The van der Waals surface area contributed by atoms with E-state index in [4.69, 9.17) is 0 Å². The molecule has 218 valence electrons. The molecule has 0 bridgehead atoms. The van der Waals surface area contributed by atoms with Crippen molar-refractivity contribution in [2.75, 3.05) is 0 Å². The number of carbonyl (C=O) groups excluding carboxylic acids is 2. The van der Waals surface area contributed by atoms with Gasteiger partial charge in [0.15, 0.2) is 0 Å². The van der Waals surface area contributed by atoms with Crippen LogP contribution < -0.4 is 10.2 Å². The Morgan fingerprint density at radius 3 is 1.26 bits per heavy atom. The van der Waals surface area contributed by atoms with Crippen molar-refractivity contribution in [3.05, 3.63) is 49.2 Å². The second-order valence-electron chi connectivity index (χ2n) is 9.45. The summed E-state index contributed by atoms with van der Waals surface area (Å²) in [7, 11) is 0. The normalized spacial score (nSPS) is 9.42. The number of hydrogen-bond acceptors (Lipinski definition) is 4. The maximum Gasteiger partial charge on any atom is 2.00 e. The second-order valence-corrected chi connectivity index (χ2v) is 9.45. The van der Waals surface area contributed by atoms with Crippen LogP contribution in [0.15, 0.2) is 24.3 Å². The molecule has 0 amide bonds. The van der Waals surface area contributed by atoms with Gasteiger partial charge in [-0.15, -0.1) is 0 Å². The van der Waals surface area contributed by atoms with Crippen molar-refractivity contribution in [2.45, 2.75) is 150 Å². The molecule has 0 unspecified atom stereocenters. The number of benzene rings is 1. The summed E-state index contributed by atoms with van der Waals surface area (Å²) in [6, 6.07) is 6.82. The van der Waals surface area contributed by atoms with Crippen molar-refractivity contribution in [2.24, 2.45) is 0 Å². The molecular formula is C33H58O4Sn.